The third kappa shape index (κ3) is 5.13. The predicted octanol–water partition coefficient (Wildman–Crippen LogP) is 0.722. The second-order valence-corrected chi connectivity index (χ2v) is 5.28. The third-order valence-corrected chi connectivity index (χ3v) is 3.40. The van der Waals surface area contributed by atoms with Gasteiger partial charge >= 0.3 is 18.1 Å². The number of nitrogens with one attached hydrogen (secondary N) is 1. The number of amides is 3. The number of hydrogen-bond donors (Lipinski definition) is 2. The van der Waals surface area contributed by atoms with E-state index in [9.17, 15) is 14.4 Å². The summed E-state index contributed by atoms with van der Waals surface area (Å²) in [7, 11) is 1.29. The van der Waals surface area contributed by atoms with Crippen LogP contribution in [0.1, 0.15) is 26.7 Å². The number of urea groups is 1. The molecule has 0 aromatic carbocycles. The lowest BCUT2D eigenvalue weighted by Gasteiger charge is -2.31. The van der Waals surface area contributed by atoms with Gasteiger partial charge in [0.1, 0.15) is 0 Å². The first-order valence-electron chi connectivity index (χ1n) is 6.97. The Morgan fingerprint density at radius 3 is 2.62 bits per heavy atom. The minimum Gasteiger partial charge on any atom is -0.481 e. The van der Waals surface area contributed by atoms with Crippen molar-refractivity contribution in [3.05, 3.63) is 0 Å². The molecule has 0 radical (unpaired) electrons. The second-order valence-electron chi connectivity index (χ2n) is 5.28. The van der Waals surface area contributed by atoms with Crippen LogP contribution in [0.4, 0.5) is 9.59 Å². The van der Waals surface area contributed by atoms with Crippen LogP contribution in [0.15, 0.2) is 0 Å². The molecule has 0 aromatic rings. The van der Waals surface area contributed by atoms with E-state index in [0.717, 1.165) is 0 Å². The van der Waals surface area contributed by atoms with E-state index in [1.54, 1.807) is 4.90 Å². The first-order chi connectivity index (χ1) is 9.85. The molecule has 3 amide bonds. The van der Waals surface area contributed by atoms with Crippen molar-refractivity contribution in [2.75, 3.05) is 26.7 Å². The van der Waals surface area contributed by atoms with Gasteiger partial charge in [0.25, 0.3) is 0 Å². The second kappa shape index (κ2) is 7.70. The smallest absolute Gasteiger partial charge is 0.407 e. The van der Waals surface area contributed by atoms with E-state index in [-0.39, 0.29) is 31.1 Å². The van der Waals surface area contributed by atoms with Gasteiger partial charge in [-0.05, 0) is 20.3 Å². The zero-order valence-electron chi connectivity index (χ0n) is 12.7. The number of ether oxygens (including phenoxy) is 1. The number of carbonyl (C=O) groups is 3. The van der Waals surface area contributed by atoms with E-state index in [4.69, 9.17) is 5.11 Å². The molecule has 1 fully saturated rings. The van der Waals surface area contributed by atoms with Gasteiger partial charge in [-0.1, -0.05) is 0 Å². The highest BCUT2D eigenvalue weighted by Gasteiger charge is 2.31. The average molecular weight is 301 g/mol. The van der Waals surface area contributed by atoms with Crippen molar-refractivity contribution in [2.45, 2.75) is 38.8 Å². The maximum Gasteiger partial charge on any atom is 0.407 e. The molecular formula is C13H23N3O5. The number of carbonyl (C=O) groups excluding carboxylic acids is 2. The first-order valence-corrected chi connectivity index (χ1v) is 6.97. The standard InChI is InChI=1S/C13H23N3O5/c1-9(2)16(7-5-11(17)18)13(20)15-6-4-10(8-15)14-12(19)21-3/h9-10H,4-8H2,1-3H3,(H,14,19)(H,17,18). The van der Waals surface area contributed by atoms with Crippen molar-refractivity contribution < 1.29 is 24.2 Å². The fourth-order valence-electron chi connectivity index (χ4n) is 2.25. The van der Waals surface area contributed by atoms with Crippen molar-refractivity contribution in [3.8, 4) is 0 Å². The fraction of sp³-hybridized carbons (Fsp3) is 0.769. The van der Waals surface area contributed by atoms with Crippen LogP contribution in [-0.2, 0) is 9.53 Å². The number of carboxylic acid groups (broad SMARTS) is 1. The van der Waals surface area contributed by atoms with Crippen molar-refractivity contribution in [1.82, 2.24) is 15.1 Å². The molecule has 0 spiro atoms. The van der Waals surface area contributed by atoms with Gasteiger partial charge in [0.15, 0.2) is 0 Å². The lowest BCUT2D eigenvalue weighted by Crippen LogP contribution is -2.47. The third-order valence-electron chi connectivity index (χ3n) is 3.40. The maximum absolute atomic E-state index is 12.4. The minimum atomic E-state index is -0.930. The normalized spacial score (nSPS) is 17.7. The maximum atomic E-state index is 12.4. The molecule has 0 aliphatic carbocycles. The molecule has 1 aliphatic heterocycles. The number of methoxy groups -OCH3 is 1. The molecule has 1 atom stereocenters. The molecule has 1 heterocycles. The highest BCUT2D eigenvalue weighted by Crippen LogP contribution is 2.14. The van der Waals surface area contributed by atoms with Gasteiger partial charge in [0.05, 0.1) is 19.6 Å². The van der Waals surface area contributed by atoms with E-state index in [1.807, 2.05) is 13.8 Å². The highest BCUT2D eigenvalue weighted by atomic mass is 16.5. The zero-order chi connectivity index (χ0) is 16.0. The Morgan fingerprint density at radius 2 is 2.10 bits per heavy atom. The summed E-state index contributed by atoms with van der Waals surface area (Å²) in [6.07, 6.45) is 0.0636. The Balaban J connectivity index is 2.56. The Morgan fingerprint density at radius 1 is 1.43 bits per heavy atom. The number of rotatable bonds is 5. The van der Waals surface area contributed by atoms with E-state index in [1.165, 1.54) is 12.0 Å². The molecule has 0 saturated carbocycles. The first kappa shape index (κ1) is 17.1. The summed E-state index contributed by atoms with van der Waals surface area (Å²) in [5.74, 6) is -0.930. The van der Waals surface area contributed by atoms with Crippen LogP contribution in [0.5, 0.6) is 0 Å². The van der Waals surface area contributed by atoms with Crippen molar-refractivity contribution >= 4 is 18.1 Å². The van der Waals surface area contributed by atoms with Gasteiger partial charge in [0.2, 0.25) is 0 Å². The largest absolute Gasteiger partial charge is 0.481 e. The van der Waals surface area contributed by atoms with E-state index in [0.29, 0.717) is 19.5 Å². The molecule has 1 unspecified atom stereocenters. The highest BCUT2D eigenvalue weighted by molar-refractivity contribution is 5.76. The van der Waals surface area contributed by atoms with Gasteiger partial charge in [-0.25, -0.2) is 9.59 Å². The van der Waals surface area contributed by atoms with Crippen LogP contribution in [0, 0.1) is 0 Å². The molecule has 1 rings (SSSR count). The lowest BCUT2D eigenvalue weighted by molar-refractivity contribution is -0.137. The number of likely N-dealkylation sites (tertiary alicyclic amines) is 1. The molecular weight excluding hydrogens is 278 g/mol. The zero-order valence-corrected chi connectivity index (χ0v) is 12.7. The number of hydrogen-bond acceptors (Lipinski definition) is 4. The molecule has 8 nitrogen and oxygen atoms in total. The Labute approximate surface area is 124 Å². The molecule has 1 saturated heterocycles. The topological polar surface area (TPSA) is 99.2 Å². The Bertz CT molecular complexity index is 399. The van der Waals surface area contributed by atoms with Crippen LogP contribution in [0.25, 0.3) is 0 Å². The summed E-state index contributed by atoms with van der Waals surface area (Å²) in [5, 5.41) is 11.4. The monoisotopic (exact) mass is 301 g/mol. The molecule has 120 valence electrons. The molecule has 2 N–H and O–H groups in total. The molecule has 1 aliphatic rings. The average Bonchev–Trinajstić information content (AvgIpc) is 2.86. The molecule has 8 heteroatoms. The number of alkyl carbamates (subject to hydrolysis) is 1. The van der Waals surface area contributed by atoms with E-state index < -0.39 is 12.1 Å². The lowest BCUT2D eigenvalue weighted by atomic mass is 10.3. The van der Waals surface area contributed by atoms with Crippen molar-refractivity contribution in [2.24, 2.45) is 0 Å². The van der Waals surface area contributed by atoms with Gasteiger partial charge in [0, 0.05) is 25.7 Å². The summed E-state index contributed by atoms with van der Waals surface area (Å²) >= 11 is 0. The summed E-state index contributed by atoms with van der Waals surface area (Å²) in [5.41, 5.74) is 0. The van der Waals surface area contributed by atoms with Gasteiger partial charge in [-0.3, -0.25) is 4.79 Å². The van der Waals surface area contributed by atoms with Crippen LogP contribution in [0.3, 0.4) is 0 Å². The van der Waals surface area contributed by atoms with Gasteiger partial charge < -0.3 is 25.0 Å². The van der Waals surface area contributed by atoms with Crippen LogP contribution in [-0.4, -0.2) is 71.8 Å². The summed E-state index contributed by atoms with van der Waals surface area (Å²) in [4.78, 5) is 37.4. The van der Waals surface area contributed by atoms with E-state index in [2.05, 4.69) is 10.1 Å². The van der Waals surface area contributed by atoms with Crippen LogP contribution < -0.4 is 5.32 Å². The van der Waals surface area contributed by atoms with Crippen LogP contribution >= 0.6 is 0 Å². The molecule has 0 aromatic heterocycles. The molecule has 21 heavy (non-hydrogen) atoms. The summed E-state index contributed by atoms with van der Waals surface area (Å²) < 4.78 is 4.53. The summed E-state index contributed by atoms with van der Waals surface area (Å²) in [6, 6.07) is -0.403. The number of carboxylic acids is 1. The molecule has 0 bridgehead atoms. The Hall–Kier alpha value is -1.99. The minimum absolute atomic E-state index is 0.0792. The van der Waals surface area contributed by atoms with Crippen molar-refractivity contribution in [1.29, 1.82) is 0 Å². The Kier molecular flexibility index (Phi) is 6.26. The number of aliphatic carboxylic acids is 1. The van der Waals surface area contributed by atoms with E-state index >= 15 is 0 Å². The van der Waals surface area contributed by atoms with Gasteiger partial charge in [-0.15, -0.1) is 0 Å². The van der Waals surface area contributed by atoms with Crippen LogP contribution in [0.2, 0.25) is 0 Å². The number of nitrogens with zero attached hydrogens (tertiary/aromatic N) is 2. The predicted molar refractivity (Wildman–Crippen MR) is 75.0 cm³/mol. The quantitative estimate of drug-likeness (QED) is 0.779. The van der Waals surface area contributed by atoms with Crippen molar-refractivity contribution in [3.63, 3.8) is 0 Å². The SMILES string of the molecule is COC(=O)NC1CCN(C(=O)N(CCC(=O)O)C(C)C)C1. The fourth-order valence-corrected chi connectivity index (χ4v) is 2.25. The summed E-state index contributed by atoms with van der Waals surface area (Å²) in [6.45, 7) is 4.81. The van der Waals surface area contributed by atoms with Gasteiger partial charge in [-0.2, -0.15) is 0 Å².